The fraction of sp³-hybridized carbons (Fsp3) is 0.227. The van der Waals surface area contributed by atoms with Crippen LogP contribution in [0.3, 0.4) is 0 Å². The fourth-order valence-corrected chi connectivity index (χ4v) is 4.33. The quantitative estimate of drug-likeness (QED) is 0.430. The molecule has 0 saturated carbocycles. The van der Waals surface area contributed by atoms with Crippen LogP contribution >= 0.6 is 0 Å². The zero-order valence-corrected chi connectivity index (χ0v) is 16.5. The number of anilines is 1. The summed E-state index contributed by atoms with van der Waals surface area (Å²) in [5, 5.41) is 23.9. The Kier molecular flexibility index (Phi) is 4.90. The molecule has 9 heteroatoms. The first-order chi connectivity index (χ1) is 14.7. The predicted octanol–water partition coefficient (Wildman–Crippen LogP) is 2.23. The lowest BCUT2D eigenvalue weighted by Crippen LogP contribution is -2.54. The van der Waals surface area contributed by atoms with Crippen LogP contribution < -0.4 is 10.2 Å². The molecule has 4 atom stereocenters. The molecule has 2 aliphatic rings. The first-order valence-corrected chi connectivity index (χ1v) is 9.60. The van der Waals surface area contributed by atoms with Crippen LogP contribution in [-0.2, 0) is 14.4 Å². The van der Waals surface area contributed by atoms with Crippen LogP contribution in [0.5, 0.6) is 0 Å². The van der Waals surface area contributed by atoms with Crippen LogP contribution in [0.2, 0.25) is 0 Å². The van der Waals surface area contributed by atoms with E-state index < -0.39 is 46.1 Å². The normalized spacial score (nSPS) is 27.6. The molecule has 2 aromatic carbocycles. The largest absolute Gasteiger partial charge is 0.480 e. The molecule has 31 heavy (non-hydrogen) atoms. The Hall–Kier alpha value is -3.85. The van der Waals surface area contributed by atoms with E-state index in [1.807, 2.05) is 30.3 Å². The number of nitrogens with zero attached hydrogens (tertiary/aromatic N) is 2. The number of non-ortho nitro benzene ring substituents is 1. The number of nitrogens with one attached hydrogen (secondary N) is 1. The van der Waals surface area contributed by atoms with Crippen LogP contribution in [0.25, 0.3) is 6.08 Å². The van der Waals surface area contributed by atoms with Gasteiger partial charge in [0, 0.05) is 18.2 Å². The van der Waals surface area contributed by atoms with Crippen LogP contribution in [0, 0.1) is 22.0 Å². The van der Waals surface area contributed by atoms with Gasteiger partial charge in [-0.2, -0.15) is 0 Å². The van der Waals surface area contributed by atoms with E-state index in [0.29, 0.717) is 0 Å². The van der Waals surface area contributed by atoms with E-state index in [1.165, 1.54) is 25.1 Å². The zero-order valence-electron chi connectivity index (χ0n) is 16.5. The molecule has 4 rings (SSSR count). The number of imide groups is 1. The second kappa shape index (κ2) is 7.44. The van der Waals surface area contributed by atoms with Gasteiger partial charge in [0.2, 0.25) is 11.8 Å². The molecule has 158 valence electrons. The third-order valence-corrected chi connectivity index (χ3v) is 5.87. The maximum atomic E-state index is 13.3. The molecule has 0 radical (unpaired) electrons. The van der Waals surface area contributed by atoms with Crippen LogP contribution in [0.1, 0.15) is 12.5 Å². The molecule has 2 N–H and O–H groups in total. The van der Waals surface area contributed by atoms with E-state index in [1.54, 1.807) is 12.2 Å². The SMILES string of the molecule is CC1(C(=O)O)NC(C=Cc2ccccc2)C2C(=O)N(c3cccc([N+](=O)[O-])c3)C(=O)C21. The van der Waals surface area contributed by atoms with E-state index in [0.717, 1.165) is 16.5 Å². The average Bonchev–Trinajstić information content (AvgIpc) is 3.21. The van der Waals surface area contributed by atoms with Crippen molar-refractivity contribution in [2.45, 2.75) is 18.5 Å². The Labute approximate surface area is 177 Å². The van der Waals surface area contributed by atoms with Crippen molar-refractivity contribution >= 4 is 35.2 Å². The summed E-state index contributed by atoms with van der Waals surface area (Å²) in [6, 6.07) is 13.8. The number of carbonyl (C=O) groups excluding carboxylic acids is 2. The van der Waals surface area contributed by atoms with Gasteiger partial charge in [-0.1, -0.05) is 48.6 Å². The summed E-state index contributed by atoms with van der Waals surface area (Å²) in [5.74, 6) is -4.63. The number of nitro benzene ring substituents is 1. The maximum absolute atomic E-state index is 13.3. The van der Waals surface area contributed by atoms with Crippen molar-refractivity contribution in [3.8, 4) is 0 Å². The first-order valence-electron chi connectivity index (χ1n) is 9.60. The molecule has 4 unspecified atom stereocenters. The highest BCUT2D eigenvalue weighted by molar-refractivity contribution is 6.24. The highest BCUT2D eigenvalue weighted by atomic mass is 16.6. The Morgan fingerprint density at radius 2 is 1.87 bits per heavy atom. The van der Waals surface area contributed by atoms with Crippen molar-refractivity contribution in [3.05, 3.63) is 76.4 Å². The summed E-state index contributed by atoms with van der Waals surface area (Å²) in [6.45, 7) is 1.38. The van der Waals surface area contributed by atoms with Gasteiger partial charge in [0.05, 0.1) is 22.4 Å². The van der Waals surface area contributed by atoms with Gasteiger partial charge in [-0.25, -0.2) is 4.90 Å². The number of carbonyl (C=O) groups is 3. The molecule has 0 aromatic heterocycles. The van der Waals surface area contributed by atoms with Crippen molar-refractivity contribution in [1.29, 1.82) is 0 Å². The van der Waals surface area contributed by atoms with Gasteiger partial charge in [0.25, 0.3) is 5.69 Å². The Balaban J connectivity index is 1.74. The summed E-state index contributed by atoms with van der Waals surface area (Å²) in [5.41, 5.74) is -1.03. The highest BCUT2D eigenvalue weighted by Crippen LogP contribution is 2.45. The molecule has 2 saturated heterocycles. The number of benzene rings is 2. The zero-order chi connectivity index (χ0) is 22.3. The first kappa shape index (κ1) is 20.4. The third-order valence-electron chi connectivity index (χ3n) is 5.87. The lowest BCUT2D eigenvalue weighted by molar-refractivity contribution is -0.384. The number of nitro groups is 1. The minimum absolute atomic E-state index is 0.0529. The van der Waals surface area contributed by atoms with Crippen molar-refractivity contribution in [3.63, 3.8) is 0 Å². The molecule has 2 aromatic rings. The van der Waals surface area contributed by atoms with Crippen molar-refractivity contribution in [2.24, 2.45) is 11.8 Å². The Morgan fingerprint density at radius 3 is 2.52 bits per heavy atom. The standard InChI is InChI=1S/C22H19N3O6/c1-22(21(28)29)18-17(16(23-22)11-10-13-6-3-2-4-7-13)19(26)24(20(18)27)14-8-5-9-15(12-14)25(30)31/h2-12,16-18,23H,1H3,(H,28,29). The minimum atomic E-state index is -1.67. The van der Waals surface area contributed by atoms with Crippen LogP contribution in [-0.4, -0.2) is 39.4 Å². The molecule has 0 spiro atoms. The smallest absolute Gasteiger partial charge is 0.324 e. The molecule has 2 amide bonds. The molecule has 0 bridgehead atoms. The number of carboxylic acids is 1. The van der Waals surface area contributed by atoms with Crippen LogP contribution in [0.15, 0.2) is 60.7 Å². The average molecular weight is 421 g/mol. The Bertz CT molecular complexity index is 1120. The third kappa shape index (κ3) is 3.28. The van der Waals surface area contributed by atoms with E-state index in [-0.39, 0.29) is 11.4 Å². The lowest BCUT2D eigenvalue weighted by atomic mass is 9.81. The summed E-state index contributed by atoms with van der Waals surface area (Å²) >= 11 is 0. The highest BCUT2D eigenvalue weighted by Gasteiger charge is 2.66. The molecular formula is C22H19N3O6. The molecule has 9 nitrogen and oxygen atoms in total. The second-order valence-electron chi connectivity index (χ2n) is 7.74. The maximum Gasteiger partial charge on any atom is 0.324 e. The summed E-state index contributed by atoms with van der Waals surface area (Å²) < 4.78 is 0. The second-order valence-corrected chi connectivity index (χ2v) is 7.74. The van der Waals surface area contributed by atoms with Gasteiger partial charge in [0.1, 0.15) is 5.54 Å². The topological polar surface area (TPSA) is 130 Å². The lowest BCUT2D eigenvalue weighted by Gasteiger charge is -2.26. The van der Waals surface area contributed by atoms with E-state index in [2.05, 4.69) is 5.32 Å². The van der Waals surface area contributed by atoms with E-state index >= 15 is 0 Å². The number of hydrogen-bond acceptors (Lipinski definition) is 6. The Morgan fingerprint density at radius 1 is 1.16 bits per heavy atom. The minimum Gasteiger partial charge on any atom is -0.480 e. The number of fused-ring (bicyclic) bond motifs is 1. The predicted molar refractivity (Wildman–Crippen MR) is 111 cm³/mol. The van der Waals surface area contributed by atoms with E-state index in [9.17, 15) is 29.6 Å². The number of aliphatic carboxylic acids is 1. The van der Waals surface area contributed by atoms with Gasteiger partial charge in [-0.15, -0.1) is 0 Å². The van der Waals surface area contributed by atoms with Gasteiger partial charge in [-0.05, 0) is 18.6 Å². The number of hydrogen-bond donors (Lipinski definition) is 2. The molecular weight excluding hydrogens is 402 g/mol. The summed E-state index contributed by atoms with van der Waals surface area (Å²) in [4.78, 5) is 49.9. The number of rotatable bonds is 5. The molecule has 2 aliphatic heterocycles. The van der Waals surface area contributed by atoms with E-state index in [4.69, 9.17) is 0 Å². The number of carboxylic acid groups (broad SMARTS) is 1. The van der Waals surface area contributed by atoms with Gasteiger partial charge >= 0.3 is 5.97 Å². The summed E-state index contributed by atoms with van der Waals surface area (Å²) in [7, 11) is 0. The van der Waals surface area contributed by atoms with Gasteiger partial charge in [0.15, 0.2) is 0 Å². The van der Waals surface area contributed by atoms with Crippen molar-refractivity contribution in [1.82, 2.24) is 5.32 Å². The van der Waals surface area contributed by atoms with Crippen molar-refractivity contribution in [2.75, 3.05) is 4.90 Å². The van der Waals surface area contributed by atoms with Gasteiger partial charge < -0.3 is 5.11 Å². The molecule has 2 heterocycles. The monoisotopic (exact) mass is 421 g/mol. The molecule has 2 fully saturated rings. The van der Waals surface area contributed by atoms with Crippen molar-refractivity contribution < 1.29 is 24.4 Å². The number of amides is 2. The molecule has 0 aliphatic carbocycles. The fourth-order valence-electron chi connectivity index (χ4n) is 4.33. The van der Waals surface area contributed by atoms with Gasteiger partial charge in [-0.3, -0.25) is 29.8 Å². The van der Waals surface area contributed by atoms with Crippen LogP contribution in [0.4, 0.5) is 11.4 Å². The summed E-state index contributed by atoms with van der Waals surface area (Å²) in [6.07, 6.45) is 3.44.